The van der Waals surface area contributed by atoms with Gasteiger partial charge in [-0.2, -0.15) is 0 Å². The number of rotatable bonds is 1. The van der Waals surface area contributed by atoms with Crippen LogP contribution in [0.15, 0.2) is 59.0 Å². The van der Waals surface area contributed by atoms with E-state index in [1.807, 2.05) is 0 Å². The lowest BCUT2D eigenvalue weighted by Gasteiger charge is -2.22. The largest absolute Gasteiger partial charge is 0.456 e. The van der Waals surface area contributed by atoms with Crippen LogP contribution in [0.25, 0.3) is 33.1 Å². The number of hydrogen-bond acceptors (Lipinski definition) is 1. The Bertz CT molecular complexity index is 1090. The van der Waals surface area contributed by atoms with Crippen molar-refractivity contribution in [3.05, 3.63) is 71.3 Å². The Morgan fingerprint density at radius 2 is 1.28 bits per heavy atom. The molecule has 1 nitrogen and oxygen atoms in total. The molecule has 0 amide bonds. The predicted molar refractivity (Wildman–Crippen MR) is 107 cm³/mol. The number of aryl methyl sites for hydroxylation is 2. The van der Waals surface area contributed by atoms with Gasteiger partial charge in [-0.25, -0.2) is 0 Å². The van der Waals surface area contributed by atoms with Gasteiger partial charge in [-0.3, -0.25) is 0 Å². The van der Waals surface area contributed by atoms with Crippen LogP contribution in [-0.4, -0.2) is 0 Å². The van der Waals surface area contributed by atoms with E-state index in [0.29, 0.717) is 0 Å². The quantitative estimate of drug-likeness (QED) is 0.361. The maximum atomic E-state index is 6.10. The molecule has 0 aliphatic rings. The van der Waals surface area contributed by atoms with Gasteiger partial charge in [0.15, 0.2) is 0 Å². The monoisotopic (exact) mass is 328 g/mol. The Balaban J connectivity index is 1.84. The molecule has 25 heavy (non-hydrogen) atoms. The van der Waals surface area contributed by atoms with E-state index < -0.39 is 0 Å². The van der Waals surface area contributed by atoms with Crippen LogP contribution in [0.2, 0.25) is 0 Å². The van der Waals surface area contributed by atoms with Crippen LogP contribution in [0.3, 0.4) is 0 Å². The molecule has 0 N–H and O–H groups in total. The van der Waals surface area contributed by atoms with Crippen molar-refractivity contribution in [3.63, 3.8) is 0 Å². The highest BCUT2D eigenvalue weighted by Gasteiger charge is 2.16. The summed E-state index contributed by atoms with van der Waals surface area (Å²) in [4.78, 5) is 0. The first-order valence-corrected chi connectivity index (χ1v) is 8.87. The minimum Gasteiger partial charge on any atom is -0.456 e. The summed E-state index contributed by atoms with van der Waals surface area (Å²) < 4.78 is 6.10. The number of furan rings is 1. The van der Waals surface area contributed by atoms with Gasteiger partial charge in [0.2, 0.25) is 0 Å². The lowest BCUT2D eigenvalue weighted by atomic mass is 9.83. The topological polar surface area (TPSA) is 13.1 Å². The van der Waals surface area contributed by atoms with Gasteiger partial charge in [-0.05, 0) is 65.3 Å². The molecule has 0 saturated carbocycles. The van der Waals surface area contributed by atoms with E-state index >= 15 is 0 Å². The van der Waals surface area contributed by atoms with E-state index in [4.69, 9.17) is 4.42 Å². The fraction of sp³-hybridized carbons (Fsp3) is 0.250. The molecule has 1 heterocycles. The number of hydrogen-bond donors (Lipinski definition) is 0. The first kappa shape index (κ1) is 16.0. The van der Waals surface area contributed by atoms with Gasteiger partial charge in [-0.1, -0.05) is 57.2 Å². The molecular weight excluding hydrogens is 304 g/mol. The molecule has 0 aliphatic carbocycles. The van der Waals surface area contributed by atoms with E-state index in [2.05, 4.69) is 89.2 Å². The first-order valence-electron chi connectivity index (χ1n) is 8.87. The second kappa shape index (κ2) is 5.49. The summed E-state index contributed by atoms with van der Waals surface area (Å²) in [6.45, 7) is 11.1. The zero-order valence-electron chi connectivity index (χ0n) is 15.6. The molecule has 4 aromatic rings. The van der Waals surface area contributed by atoms with E-state index in [0.717, 1.165) is 11.2 Å². The van der Waals surface area contributed by atoms with Gasteiger partial charge in [0.25, 0.3) is 0 Å². The molecule has 0 unspecified atom stereocenters. The van der Waals surface area contributed by atoms with Gasteiger partial charge in [0, 0.05) is 10.8 Å². The summed E-state index contributed by atoms with van der Waals surface area (Å²) in [5.74, 6) is 0. The van der Waals surface area contributed by atoms with Gasteiger partial charge in [-0.15, -0.1) is 0 Å². The van der Waals surface area contributed by atoms with Crippen molar-refractivity contribution < 1.29 is 4.42 Å². The molecule has 0 aliphatic heterocycles. The second-order valence-corrected chi connectivity index (χ2v) is 8.09. The van der Waals surface area contributed by atoms with Gasteiger partial charge in [0.05, 0.1) is 0 Å². The van der Waals surface area contributed by atoms with Crippen LogP contribution < -0.4 is 0 Å². The van der Waals surface area contributed by atoms with E-state index in [-0.39, 0.29) is 5.41 Å². The van der Waals surface area contributed by atoms with Crippen LogP contribution in [0.5, 0.6) is 0 Å². The minimum absolute atomic E-state index is 0.170. The van der Waals surface area contributed by atoms with Gasteiger partial charge >= 0.3 is 0 Å². The maximum absolute atomic E-state index is 6.10. The SMILES string of the molecule is Cc1ccc2c(c1)oc1cc(-c3ccc(C(C)(C)C)c(C)c3)ccc12. The van der Waals surface area contributed by atoms with Crippen molar-refractivity contribution in [1.29, 1.82) is 0 Å². The van der Waals surface area contributed by atoms with Crippen molar-refractivity contribution >= 4 is 21.9 Å². The third kappa shape index (κ3) is 2.74. The first-order chi connectivity index (χ1) is 11.8. The third-order valence-corrected chi connectivity index (χ3v) is 5.00. The van der Waals surface area contributed by atoms with Crippen molar-refractivity contribution in [2.75, 3.05) is 0 Å². The van der Waals surface area contributed by atoms with Crippen molar-refractivity contribution in [1.82, 2.24) is 0 Å². The molecule has 0 saturated heterocycles. The molecule has 0 radical (unpaired) electrons. The summed E-state index contributed by atoms with van der Waals surface area (Å²) >= 11 is 0. The fourth-order valence-corrected chi connectivity index (χ4v) is 3.75. The van der Waals surface area contributed by atoms with Crippen LogP contribution in [0.1, 0.15) is 37.5 Å². The molecule has 1 heteroatoms. The molecule has 0 bridgehead atoms. The molecule has 0 spiro atoms. The minimum atomic E-state index is 0.170. The van der Waals surface area contributed by atoms with E-state index in [9.17, 15) is 0 Å². The van der Waals surface area contributed by atoms with Crippen molar-refractivity contribution in [3.8, 4) is 11.1 Å². The number of fused-ring (bicyclic) bond motifs is 3. The molecular formula is C24H24O. The average Bonchev–Trinajstić information content (AvgIpc) is 2.89. The van der Waals surface area contributed by atoms with Crippen molar-refractivity contribution in [2.45, 2.75) is 40.0 Å². The fourth-order valence-electron chi connectivity index (χ4n) is 3.75. The predicted octanol–water partition coefficient (Wildman–Crippen LogP) is 7.17. The summed E-state index contributed by atoms with van der Waals surface area (Å²) in [5.41, 5.74) is 8.49. The lowest BCUT2D eigenvalue weighted by Crippen LogP contribution is -2.12. The Kier molecular flexibility index (Phi) is 3.50. The molecule has 0 atom stereocenters. The van der Waals surface area contributed by atoms with Crippen molar-refractivity contribution in [2.24, 2.45) is 0 Å². The normalized spacial score (nSPS) is 12.2. The summed E-state index contributed by atoms with van der Waals surface area (Å²) in [5, 5.41) is 2.37. The molecule has 0 fully saturated rings. The Morgan fingerprint density at radius 3 is 1.96 bits per heavy atom. The lowest BCUT2D eigenvalue weighted by molar-refractivity contribution is 0.586. The molecule has 1 aromatic heterocycles. The molecule has 4 rings (SSSR count). The van der Waals surface area contributed by atoms with Crippen LogP contribution in [0.4, 0.5) is 0 Å². The highest BCUT2D eigenvalue weighted by Crippen LogP contribution is 2.34. The molecule has 3 aromatic carbocycles. The maximum Gasteiger partial charge on any atom is 0.136 e. The van der Waals surface area contributed by atoms with E-state index in [1.54, 1.807) is 0 Å². The van der Waals surface area contributed by atoms with Crippen LogP contribution >= 0.6 is 0 Å². The zero-order valence-corrected chi connectivity index (χ0v) is 15.6. The number of benzene rings is 3. The van der Waals surface area contributed by atoms with Gasteiger partial charge < -0.3 is 4.42 Å². The summed E-state index contributed by atoms with van der Waals surface area (Å²) in [6, 6.07) is 19.7. The Labute approximate surface area is 149 Å². The van der Waals surface area contributed by atoms with Gasteiger partial charge in [0.1, 0.15) is 11.2 Å². The smallest absolute Gasteiger partial charge is 0.136 e. The van der Waals surface area contributed by atoms with Crippen LogP contribution in [-0.2, 0) is 5.41 Å². The standard InChI is InChI=1S/C24H24O/c1-15-6-9-19-20-10-7-18(14-23(20)25-22(19)12-15)17-8-11-21(16(2)13-17)24(3,4)5/h6-14H,1-5H3. The van der Waals surface area contributed by atoms with Crippen LogP contribution in [0, 0.1) is 13.8 Å². The van der Waals surface area contributed by atoms with E-state index in [1.165, 1.54) is 38.6 Å². The third-order valence-electron chi connectivity index (χ3n) is 5.00. The summed E-state index contributed by atoms with van der Waals surface area (Å²) in [7, 11) is 0. The highest BCUT2D eigenvalue weighted by molar-refractivity contribution is 6.06. The molecule has 126 valence electrons. The average molecular weight is 328 g/mol. The Morgan fingerprint density at radius 1 is 0.680 bits per heavy atom. The Hall–Kier alpha value is -2.54. The highest BCUT2D eigenvalue weighted by atomic mass is 16.3. The second-order valence-electron chi connectivity index (χ2n) is 8.09. The summed E-state index contributed by atoms with van der Waals surface area (Å²) in [6.07, 6.45) is 0. The zero-order chi connectivity index (χ0) is 17.8.